The number of nitro groups is 1. The lowest BCUT2D eigenvalue weighted by molar-refractivity contribution is -0.385. The lowest BCUT2D eigenvalue weighted by Crippen LogP contribution is -2.23. The number of benzene rings is 1. The highest BCUT2D eigenvalue weighted by atomic mass is 16.6. The van der Waals surface area contributed by atoms with Crippen LogP contribution in [-0.2, 0) is 6.54 Å². The van der Waals surface area contributed by atoms with Crippen molar-refractivity contribution in [3.8, 4) is 0 Å². The monoisotopic (exact) mass is 316 g/mol. The predicted molar refractivity (Wildman–Crippen MR) is 89.5 cm³/mol. The Morgan fingerprint density at radius 2 is 2.30 bits per heavy atom. The lowest BCUT2D eigenvalue weighted by atomic mass is 10.0. The number of hydrogen-bond donors (Lipinski definition) is 2. The predicted octanol–water partition coefficient (Wildman–Crippen LogP) is 2.34. The smallest absolute Gasteiger partial charge is 0.306 e. The molecule has 0 spiro atoms. The molecule has 0 saturated carbocycles. The maximum absolute atomic E-state index is 10.6. The summed E-state index contributed by atoms with van der Waals surface area (Å²) in [5.41, 5.74) is 7.91. The highest BCUT2D eigenvalue weighted by molar-refractivity contribution is 5.92. The fraction of sp³-hybridized carbons (Fsp3) is 0.333. The van der Waals surface area contributed by atoms with Gasteiger partial charge in [-0.25, -0.2) is 0 Å². The second kappa shape index (κ2) is 7.39. The molecule has 0 amide bonds. The Kier molecular flexibility index (Phi) is 5.29. The molecule has 0 atom stereocenters. The van der Waals surface area contributed by atoms with Crippen LogP contribution in [0.3, 0.4) is 0 Å². The third kappa shape index (κ3) is 4.80. The number of anilines is 1. The van der Waals surface area contributed by atoms with Gasteiger partial charge in [0.15, 0.2) is 5.96 Å². The Labute approximate surface area is 134 Å². The molecule has 122 valence electrons. The first kappa shape index (κ1) is 16.5. The molecule has 1 aromatic heterocycles. The SMILES string of the molecule is CC(C)c1cccc(NC(N)=NCCn2cc([N+](=O)[O-])cn2)c1. The van der Waals surface area contributed by atoms with Crippen molar-refractivity contribution in [2.75, 3.05) is 11.9 Å². The molecule has 0 radical (unpaired) electrons. The van der Waals surface area contributed by atoms with Crippen LogP contribution in [0.2, 0.25) is 0 Å². The van der Waals surface area contributed by atoms with Crippen LogP contribution in [0.15, 0.2) is 41.7 Å². The van der Waals surface area contributed by atoms with Gasteiger partial charge in [-0.3, -0.25) is 19.8 Å². The minimum atomic E-state index is -0.482. The van der Waals surface area contributed by atoms with E-state index in [-0.39, 0.29) is 5.69 Å². The molecule has 2 rings (SSSR count). The van der Waals surface area contributed by atoms with Crippen molar-refractivity contribution in [1.82, 2.24) is 9.78 Å². The summed E-state index contributed by atoms with van der Waals surface area (Å²) in [5.74, 6) is 0.734. The van der Waals surface area contributed by atoms with Crippen molar-refractivity contribution in [1.29, 1.82) is 0 Å². The zero-order valence-electron chi connectivity index (χ0n) is 13.1. The van der Waals surface area contributed by atoms with Crippen molar-refractivity contribution in [3.05, 3.63) is 52.3 Å². The Hall–Kier alpha value is -2.90. The van der Waals surface area contributed by atoms with Crippen molar-refractivity contribution in [2.45, 2.75) is 26.3 Å². The average molecular weight is 316 g/mol. The van der Waals surface area contributed by atoms with Gasteiger partial charge in [0, 0.05) is 5.69 Å². The van der Waals surface area contributed by atoms with E-state index in [1.807, 2.05) is 18.2 Å². The molecule has 1 heterocycles. The highest BCUT2D eigenvalue weighted by Crippen LogP contribution is 2.18. The molecule has 0 saturated heterocycles. The molecule has 0 fully saturated rings. The molecule has 0 aliphatic carbocycles. The van der Waals surface area contributed by atoms with Crippen molar-refractivity contribution >= 4 is 17.3 Å². The quantitative estimate of drug-likeness (QED) is 0.368. The van der Waals surface area contributed by atoms with Gasteiger partial charge >= 0.3 is 5.69 Å². The largest absolute Gasteiger partial charge is 0.370 e. The fourth-order valence-corrected chi connectivity index (χ4v) is 2.01. The van der Waals surface area contributed by atoms with Gasteiger partial charge in [-0.05, 0) is 23.6 Å². The number of aromatic nitrogens is 2. The zero-order valence-corrected chi connectivity index (χ0v) is 13.1. The van der Waals surface area contributed by atoms with Gasteiger partial charge in [0.25, 0.3) is 0 Å². The van der Waals surface area contributed by atoms with Crippen LogP contribution in [0.25, 0.3) is 0 Å². The van der Waals surface area contributed by atoms with Crippen molar-refractivity contribution in [3.63, 3.8) is 0 Å². The molecule has 8 heteroatoms. The molecule has 0 unspecified atom stereocenters. The summed E-state index contributed by atoms with van der Waals surface area (Å²) < 4.78 is 1.47. The molecule has 2 aromatic rings. The van der Waals surface area contributed by atoms with Gasteiger partial charge in [0.05, 0.1) is 18.0 Å². The van der Waals surface area contributed by atoms with Gasteiger partial charge < -0.3 is 11.1 Å². The average Bonchev–Trinajstić information content (AvgIpc) is 2.96. The maximum atomic E-state index is 10.6. The van der Waals surface area contributed by atoms with Gasteiger partial charge in [-0.15, -0.1) is 0 Å². The normalized spacial score (nSPS) is 11.7. The Morgan fingerprint density at radius 3 is 2.96 bits per heavy atom. The van der Waals surface area contributed by atoms with E-state index in [4.69, 9.17) is 5.73 Å². The van der Waals surface area contributed by atoms with Crippen LogP contribution in [0.4, 0.5) is 11.4 Å². The topological polar surface area (TPSA) is 111 Å². The van der Waals surface area contributed by atoms with E-state index in [9.17, 15) is 10.1 Å². The summed E-state index contributed by atoms with van der Waals surface area (Å²) in [6.45, 7) is 5.05. The van der Waals surface area contributed by atoms with Gasteiger partial charge in [-0.1, -0.05) is 26.0 Å². The maximum Gasteiger partial charge on any atom is 0.306 e. The van der Waals surface area contributed by atoms with Gasteiger partial charge in [0.1, 0.15) is 12.4 Å². The van der Waals surface area contributed by atoms with Crippen molar-refractivity contribution < 1.29 is 4.92 Å². The second-order valence-corrected chi connectivity index (χ2v) is 5.39. The Bertz CT molecular complexity index is 707. The van der Waals surface area contributed by atoms with Gasteiger partial charge in [0.2, 0.25) is 0 Å². The van der Waals surface area contributed by atoms with Crippen LogP contribution in [0.5, 0.6) is 0 Å². The Morgan fingerprint density at radius 1 is 1.52 bits per heavy atom. The zero-order chi connectivity index (χ0) is 16.8. The third-order valence-electron chi connectivity index (χ3n) is 3.27. The van der Waals surface area contributed by atoms with Crippen LogP contribution in [-0.4, -0.2) is 27.2 Å². The highest BCUT2D eigenvalue weighted by Gasteiger charge is 2.08. The molecule has 1 aromatic carbocycles. The van der Waals surface area contributed by atoms with E-state index in [2.05, 4.69) is 35.3 Å². The minimum Gasteiger partial charge on any atom is -0.370 e. The van der Waals surface area contributed by atoms with E-state index in [1.165, 1.54) is 22.6 Å². The van der Waals surface area contributed by atoms with E-state index < -0.39 is 4.92 Å². The first-order valence-corrected chi connectivity index (χ1v) is 7.29. The number of nitrogens with one attached hydrogen (secondary N) is 1. The first-order chi connectivity index (χ1) is 11.0. The standard InChI is InChI=1S/C15H20N6O2/c1-11(2)12-4-3-5-13(8-12)19-15(16)17-6-7-20-10-14(9-18-20)21(22)23/h3-5,8-11H,6-7H2,1-2H3,(H3,16,17,19). The molecule has 0 bridgehead atoms. The number of aliphatic imine (C=N–C) groups is 1. The molecule has 3 N–H and O–H groups in total. The lowest BCUT2D eigenvalue weighted by Gasteiger charge is -2.10. The second-order valence-electron chi connectivity index (χ2n) is 5.39. The van der Waals surface area contributed by atoms with Crippen LogP contribution < -0.4 is 11.1 Å². The van der Waals surface area contributed by atoms with Crippen LogP contribution in [0, 0.1) is 10.1 Å². The van der Waals surface area contributed by atoms with Crippen LogP contribution in [0.1, 0.15) is 25.3 Å². The molecule has 8 nitrogen and oxygen atoms in total. The molecular weight excluding hydrogens is 296 g/mol. The minimum absolute atomic E-state index is 0.0365. The number of nitrogens with two attached hydrogens (primary N) is 1. The molecular formula is C15H20N6O2. The number of nitrogens with zero attached hydrogens (tertiary/aromatic N) is 4. The van der Waals surface area contributed by atoms with E-state index in [0.717, 1.165) is 5.69 Å². The summed E-state index contributed by atoms with van der Waals surface area (Å²) >= 11 is 0. The number of guanidine groups is 1. The molecule has 0 aliphatic heterocycles. The van der Waals surface area contributed by atoms with E-state index >= 15 is 0 Å². The summed E-state index contributed by atoms with van der Waals surface area (Å²) in [6.07, 6.45) is 2.58. The number of hydrogen-bond acceptors (Lipinski definition) is 4. The molecule has 0 aliphatic rings. The van der Waals surface area contributed by atoms with Crippen LogP contribution >= 0.6 is 0 Å². The number of rotatable bonds is 6. The molecule has 23 heavy (non-hydrogen) atoms. The van der Waals surface area contributed by atoms with E-state index in [0.29, 0.717) is 25.0 Å². The van der Waals surface area contributed by atoms with E-state index in [1.54, 1.807) is 0 Å². The van der Waals surface area contributed by atoms with Gasteiger partial charge in [-0.2, -0.15) is 5.10 Å². The summed E-state index contributed by atoms with van der Waals surface area (Å²) in [5, 5.41) is 17.5. The Balaban J connectivity index is 1.89. The summed E-state index contributed by atoms with van der Waals surface area (Å²) in [7, 11) is 0. The fourth-order valence-electron chi connectivity index (χ4n) is 2.01. The van der Waals surface area contributed by atoms with Crippen molar-refractivity contribution in [2.24, 2.45) is 10.7 Å². The summed E-state index contributed by atoms with van der Waals surface area (Å²) in [4.78, 5) is 14.3. The third-order valence-corrected chi connectivity index (χ3v) is 3.27. The summed E-state index contributed by atoms with van der Waals surface area (Å²) in [6, 6.07) is 7.98. The first-order valence-electron chi connectivity index (χ1n) is 7.29.